The smallest absolute Gasteiger partial charge is 0.240 e. The van der Waals surface area contributed by atoms with Gasteiger partial charge in [-0.25, -0.2) is 17.7 Å². The SMILES string of the molecule is CCOc1ccc(S(=O)(=O)NCCc2sc3nc(-c4ccc(C)cc4)nn3c2C)cc1. The van der Waals surface area contributed by atoms with Crippen molar-refractivity contribution < 1.29 is 13.2 Å². The lowest BCUT2D eigenvalue weighted by Crippen LogP contribution is -2.26. The van der Waals surface area contributed by atoms with Crippen LogP contribution in [0.1, 0.15) is 23.1 Å². The summed E-state index contributed by atoms with van der Waals surface area (Å²) in [7, 11) is -3.58. The average Bonchev–Trinajstić information content (AvgIpc) is 3.29. The Bertz CT molecular complexity index is 1290. The Labute approximate surface area is 185 Å². The lowest BCUT2D eigenvalue weighted by Gasteiger charge is -2.08. The lowest BCUT2D eigenvalue weighted by molar-refractivity contribution is 0.340. The van der Waals surface area contributed by atoms with Gasteiger partial charge in [-0.15, -0.1) is 5.10 Å². The van der Waals surface area contributed by atoms with E-state index in [-0.39, 0.29) is 4.90 Å². The third-order valence-electron chi connectivity index (χ3n) is 4.91. The standard InChI is InChI=1S/C22H24N4O3S2/c1-4-29-18-9-11-19(12-10-18)31(27,28)23-14-13-20-16(3)26-22(30-20)24-21(25-26)17-7-5-15(2)6-8-17/h5-12,23H,4,13-14H2,1-3H3. The molecule has 0 unspecified atom stereocenters. The molecule has 0 saturated carbocycles. The molecular weight excluding hydrogens is 432 g/mol. The molecule has 0 aliphatic heterocycles. The monoisotopic (exact) mass is 456 g/mol. The third kappa shape index (κ3) is 4.63. The first-order valence-electron chi connectivity index (χ1n) is 10.0. The molecule has 0 aliphatic carbocycles. The summed E-state index contributed by atoms with van der Waals surface area (Å²) in [6, 6.07) is 14.5. The maximum atomic E-state index is 12.5. The number of ether oxygens (including phenoxy) is 1. The number of hydrogen-bond acceptors (Lipinski definition) is 6. The van der Waals surface area contributed by atoms with Crippen LogP contribution in [0.5, 0.6) is 5.75 Å². The largest absolute Gasteiger partial charge is 0.494 e. The van der Waals surface area contributed by atoms with E-state index in [4.69, 9.17) is 4.74 Å². The highest BCUT2D eigenvalue weighted by molar-refractivity contribution is 7.89. The molecule has 0 spiro atoms. The van der Waals surface area contributed by atoms with Crippen LogP contribution in [-0.2, 0) is 16.4 Å². The van der Waals surface area contributed by atoms with E-state index in [2.05, 4.69) is 14.8 Å². The van der Waals surface area contributed by atoms with Crippen molar-refractivity contribution in [3.05, 3.63) is 64.7 Å². The van der Waals surface area contributed by atoms with Crippen molar-refractivity contribution in [3.8, 4) is 17.1 Å². The Hall–Kier alpha value is -2.75. The lowest BCUT2D eigenvalue weighted by atomic mass is 10.1. The van der Waals surface area contributed by atoms with Crippen molar-refractivity contribution in [1.82, 2.24) is 19.3 Å². The summed E-state index contributed by atoms with van der Waals surface area (Å²) in [4.78, 5) is 6.72. The van der Waals surface area contributed by atoms with Gasteiger partial charge >= 0.3 is 0 Å². The van der Waals surface area contributed by atoms with Crippen LogP contribution < -0.4 is 9.46 Å². The van der Waals surface area contributed by atoms with Crippen LogP contribution in [0.2, 0.25) is 0 Å². The molecule has 7 nitrogen and oxygen atoms in total. The van der Waals surface area contributed by atoms with Gasteiger partial charge in [-0.05, 0) is 51.5 Å². The molecule has 0 aliphatic rings. The van der Waals surface area contributed by atoms with Crippen LogP contribution in [0.25, 0.3) is 16.3 Å². The summed E-state index contributed by atoms with van der Waals surface area (Å²) >= 11 is 1.53. The Kier molecular flexibility index (Phi) is 6.08. The van der Waals surface area contributed by atoms with E-state index in [1.54, 1.807) is 24.3 Å². The molecule has 31 heavy (non-hydrogen) atoms. The molecule has 4 aromatic rings. The van der Waals surface area contributed by atoms with E-state index in [9.17, 15) is 8.42 Å². The predicted octanol–water partition coefficient (Wildman–Crippen LogP) is 3.99. The fourth-order valence-electron chi connectivity index (χ4n) is 3.21. The molecular formula is C22H24N4O3S2. The molecule has 2 aromatic carbocycles. The normalized spacial score (nSPS) is 11.8. The molecule has 0 amide bonds. The molecule has 0 bridgehead atoms. The average molecular weight is 457 g/mol. The van der Waals surface area contributed by atoms with Gasteiger partial charge in [0.1, 0.15) is 5.75 Å². The van der Waals surface area contributed by atoms with E-state index in [1.807, 2.05) is 49.6 Å². The summed E-state index contributed by atoms with van der Waals surface area (Å²) in [5.74, 6) is 1.34. The molecule has 4 rings (SSSR count). The number of aromatic nitrogens is 3. The number of benzene rings is 2. The van der Waals surface area contributed by atoms with E-state index >= 15 is 0 Å². The van der Waals surface area contributed by atoms with Gasteiger partial charge in [-0.2, -0.15) is 4.98 Å². The van der Waals surface area contributed by atoms with Crippen LogP contribution in [-0.4, -0.2) is 36.2 Å². The summed E-state index contributed by atoms with van der Waals surface area (Å²) < 4.78 is 35.0. The highest BCUT2D eigenvalue weighted by atomic mass is 32.2. The second-order valence-electron chi connectivity index (χ2n) is 7.16. The topological polar surface area (TPSA) is 85.6 Å². The zero-order valence-corrected chi connectivity index (χ0v) is 19.3. The van der Waals surface area contributed by atoms with E-state index in [0.29, 0.717) is 31.1 Å². The first kappa shape index (κ1) is 21.5. The van der Waals surface area contributed by atoms with Crippen molar-refractivity contribution in [2.24, 2.45) is 0 Å². The fraction of sp³-hybridized carbons (Fsp3) is 0.273. The number of nitrogens with one attached hydrogen (secondary N) is 1. The second kappa shape index (κ2) is 8.78. The van der Waals surface area contributed by atoms with Gasteiger partial charge in [0.25, 0.3) is 0 Å². The Morgan fingerprint density at radius 1 is 1.06 bits per heavy atom. The Balaban J connectivity index is 1.43. The molecule has 1 N–H and O–H groups in total. The van der Waals surface area contributed by atoms with Crippen molar-refractivity contribution in [1.29, 1.82) is 0 Å². The van der Waals surface area contributed by atoms with Crippen molar-refractivity contribution in [2.45, 2.75) is 32.1 Å². The highest BCUT2D eigenvalue weighted by Gasteiger charge is 2.17. The van der Waals surface area contributed by atoms with Crippen LogP contribution in [0.15, 0.2) is 53.4 Å². The molecule has 2 aromatic heterocycles. The summed E-state index contributed by atoms with van der Waals surface area (Å²) in [5.41, 5.74) is 3.15. The number of rotatable bonds is 8. The summed E-state index contributed by atoms with van der Waals surface area (Å²) in [5, 5.41) is 4.63. The van der Waals surface area contributed by atoms with E-state index in [0.717, 1.165) is 21.1 Å². The van der Waals surface area contributed by atoms with Crippen LogP contribution in [0.3, 0.4) is 0 Å². The van der Waals surface area contributed by atoms with E-state index in [1.165, 1.54) is 16.9 Å². The number of nitrogens with zero attached hydrogens (tertiary/aromatic N) is 3. The number of thiazole rings is 1. The highest BCUT2D eigenvalue weighted by Crippen LogP contribution is 2.25. The van der Waals surface area contributed by atoms with Gasteiger partial charge in [0, 0.05) is 17.0 Å². The van der Waals surface area contributed by atoms with Crippen LogP contribution >= 0.6 is 11.3 Å². The minimum Gasteiger partial charge on any atom is -0.494 e. The van der Waals surface area contributed by atoms with Gasteiger partial charge in [0.15, 0.2) is 5.82 Å². The van der Waals surface area contributed by atoms with Crippen molar-refractivity contribution in [3.63, 3.8) is 0 Å². The van der Waals surface area contributed by atoms with Crippen molar-refractivity contribution in [2.75, 3.05) is 13.2 Å². The number of fused-ring (bicyclic) bond motifs is 1. The van der Waals surface area contributed by atoms with Gasteiger partial charge < -0.3 is 4.74 Å². The molecule has 2 heterocycles. The van der Waals surface area contributed by atoms with Crippen LogP contribution in [0.4, 0.5) is 0 Å². The van der Waals surface area contributed by atoms with Gasteiger partial charge in [0.2, 0.25) is 15.0 Å². The van der Waals surface area contributed by atoms with E-state index < -0.39 is 10.0 Å². The number of sulfonamides is 1. The molecule has 0 saturated heterocycles. The second-order valence-corrected chi connectivity index (χ2v) is 9.99. The maximum absolute atomic E-state index is 12.5. The quantitative estimate of drug-likeness (QED) is 0.433. The molecule has 0 radical (unpaired) electrons. The van der Waals surface area contributed by atoms with Gasteiger partial charge in [-0.3, -0.25) is 0 Å². The fourth-order valence-corrected chi connectivity index (χ4v) is 5.29. The minimum atomic E-state index is -3.58. The van der Waals surface area contributed by atoms with Crippen LogP contribution in [0, 0.1) is 13.8 Å². The molecule has 9 heteroatoms. The maximum Gasteiger partial charge on any atom is 0.240 e. The first-order chi connectivity index (χ1) is 14.9. The molecule has 162 valence electrons. The predicted molar refractivity (Wildman–Crippen MR) is 122 cm³/mol. The van der Waals surface area contributed by atoms with Gasteiger partial charge in [0.05, 0.1) is 17.2 Å². The zero-order valence-electron chi connectivity index (χ0n) is 17.6. The molecule has 0 fully saturated rings. The third-order valence-corrected chi connectivity index (χ3v) is 7.58. The first-order valence-corrected chi connectivity index (χ1v) is 12.3. The van der Waals surface area contributed by atoms with Gasteiger partial charge in [-0.1, -0.05) is 41.2 Å². The number of aryl methyl sites for hydroxylation is 2. The zero-order chi connectivity index (χ0) is 22.0. The Morgan fingerprint density at radius 2 is 1.77 bits per heavy atom. The minimum absolute atomic E-state index is 0.220. The summed E-state index contributed by atoms with van der Waals surface area (Å²) in [6.07, 6.45) is 0.567. The summed E-state index contributed by atoms with van der Waals surface area (Å²) in [6.45, 7) is 6.74. The van der Waals surface area contributed by atoms with Crippen molar-refractivity contribution >= 4 is 26.3 Å². The Morgan fingerprint density at radius 3 is 2.42 bits per heavy atom. The molecule has 0 atom stereocenters. The number of hydrogen-bond donors (Lipinski definition) is 1.